The third-order valence-corrected chi connectivity index (χ3v) is 3.31. The number of anilines is 2. The van der Waals surface area contributed by atoms with E-state index in [-0.39, 0.29) is 0 Å². The molecule has 98 valence electrons. The van der Waals surface area contributed by atoms with E-state index >= 15 is 0 Å². The highest BCUT2D eigenvalue weighted by Gasteiger charge is 2.06. The van der Waals surface area contributed by atoms with E-state index in [1.807, 2.05) is 12.1 Å². The third kappa shape index (κ3) is 4.29. The number of benzene rings is 1. The molecule has 0 aromatic heterocycles. The molecular formula is C15H23N3. The van der Waals surface area contributed by atoms with Crippen molar-refractivity contribution in [1.29, 1.82) is 5.26 Å². The minimum Gasteiger partial charge on any atom is -0.398 e. The van der Waals surface area contributed by atoms with Crippen LogP contribution in [0.3, 0.4) is 0 Å². The Labute approximate surface area is 110 Å². The standard InChI is InChI=1S/C15H23N3/c1-3-5-6-12(4-2)11-18-14-8-7-13(10-16)15(17)9-14/h7-9,12,18H,3-6,11,17H2,1-2H3. The summed E-state index contributed by atoms with van der Waals surface area (Å²) in [4.78, 5) is 0. The van der Waals surface area contributed by atoms with Gasteiger partial charge in [-0.25, -0.2) is 0 Å². The van der Waals surface area contributed by atoms with Crippen molar-refractivity contribution in [2.45, 2.75) is 39.5 Å². The maximum Gasteiger partial charge on any atom is 0.101 e. The van der Waals surface area contributed by atoms with Crippen LogP contribution in [0.15, 0.2) is 18.2 Å². The molecule has 3 N–H and O–H groups in total. The highest BCUT2D eigenvalue weighted by atomic mass is 14.9. The number of nitrogens with two attached hydrogens (primary N) is 1. The second kappa shape index (κ2) is 7.60. The van der Waals surface area contributed by atoms with Gasteiger partial charge >= 0.3 is 0 Å². The molecule has 18 heavy (non-hydrogen) atoms. The first-order valence-corrected chi connectivity index (χ1v) is 6.74. The molecule has 0 saturated heterocycles. The van der Waals surface area contributed by atoms with Gasteiger partial charge in [0.25, 0.3) is 0 Å². The molecule has 0 spiro atoms. The number of hydrogen-bond acceptors (Lipinski definition) is 3. The fourth-order valence-electron chi connectivity index (χ4n) is 1.98. The van der Waals surface area contributed by atoms with Gasteiger partial charge in [-0.2, -0.15) is 5.26 Å². The molecule has 0 aliphatic heterocycles. The summed E-state index contributed by atoms with van der Waals surface area (Å²) < 4.78 is 0. The molecule has 3 nitrogen and oxygen atoms in total. The lowest BCUT2D eigenvalue weighted by Gasteiger charge is -2.16. The summed E-state index contributed by atoms with van der Waals surface area (Å²) in [5.74, 6) is 0.710. The lowest BCUT2D eigenvalue weighted by molar-refractivity contribution is 0.473. The maximum atomic E-state index is 8.81. The molecule has 0 aliphatic rings. The van der Waals surface area contributed by atoms with Gasteiger partial charge in [0, 0.05) is 12.2 Å². The summed E-state index contributed by atoms with van der Waals surface area (Å²) in [6.07, 6.45) is 5.00. The molecule has 1 aromatic rings. The number of rotatable bonds is 7. The minimum atomic E-state index is 0.540. The van der Waals surface area contributed by atoms with Gasteiger partial charge in [-0.05, 0) is 30.5 Å². The summed E-state index contributed by atoms with van der Waals surface area (Å²) in [7, 11) is 0. The monoisotopic (exact) mass is 245 g/mol. The minimum absolute atomic E-state index is 0.540. The van der Waals surface area contributed by atoms with Gasteiger partial charge in [-0.15, -0.1) is 0 Å². The highest BCUT2D eigenvalue weighted by molar-refractivity contribution is 5.62. The number of nitrogens with one attached hydrogen (secondary N) is 1. The molecule has 0 amide bonds. The third-order valence-electron chi connectivity index (χ3n) is 3.31. The van der Waals surface area contributed by atoms with Gasteiger partial charge in [0.2, 0.25) is 0 Å². The van der Waals surface area contributed by atoms with E-state index in [0.717, 1.165) is 12.2 Å². The molecule has 1 rings (SSSR count). The van der Waals surface area contributed by atoms with E-state index in [4.69, 9.17) is 11.0 Å². The zero-order valence-electron chi connectivity index (χ0n) is 11.4. The Hall–Kier alpha value is -1.69. The number of nitriles is 1. The second-order valence-corrected chi connectivity index (χ2v) is 4.71. The van der Waals surface area contributed by atoms with Crippen LogP contribution in [0.25, 0.3) is 0 Å². The molecule has 0 radical (unpaired) electrons. The Bertz CT molecular complexity index is 407. The van der Waals surface area contributed by atoms with Crippen molar-refractivity contribution in [3.8, 4) is 6.07 Å². The van der Waals surface area contributed by atoms with E-state index in [9.17, 15) is 0 Å². The van der Waals surface area contributed by atoms with Crippen molar-refractivity contribution in [2.24, 2.45) is 5.92 Å². The summed E-state index contributed by atoms with van der Waals surface area (Å²) in [5.41, 5.74) is 7.88. The van der Waals surface area contributed by atoms with E-state index < -0.39 is 0 Å². The Morgan fingerprint density at radius 2 is 2.17 bits per heavy atom. The molecule has 1 atom stereocenters. The smallest absolute Gasteiger partial charge is 0.101 e. The van der Waals surface area contributed by atoms with Crippen LogP contribution in [0.1, 0.15) is 45.1 Å². The molecule has 1 aromatic carbocycles. The van der Waals surface area contributed by atoms with Crippen LogP contribution in [0.4, 0.5) is 11.4 Å². The lowest BCUT2D eigenvalue weighted by atomic mass is 9.99. The SMILES string of the molecule is CCCCC(CC)CNc1ccc(C#N)c(N)c1. The normalized spacial score (nSPS) is 11.8. The van der Waals surface area contributed by atoms with Crippen LogP contribution in [0.2, 0.25) is 0 Å². The van der Waals surface area contributed by atoms with Crippen molar-refractivity contribution in [2.75, 3.05) is 17.6 Å². The van der Waals surface area contributed by atoms with Gasteiger partial charge in [0.05, 0.1) is 11.3 Å². The van der Waals surface area contributed by atoms with Gasteiger partial charge in [-0.1, -0.05) is 33.1 Å². The van der Waals surface area contributed by atoms with E-state index in [1.54, 1.807) is 6.07 Å². The van der Waals surface area contributed by atoms with Gasteiger partial charge in [-0.3, -0.25) is 0 Å². The van der Waals surface area contributed by atoms with Gasteiger partial charge in [0.15, 0.2) is 0 Å². The fraction of sp³-hybridized carbons (Fsp3) is 0.533. The molecular weight excluding hydrogens is 222 g/mol. The van der Waals surface area contributed by atoms with Crippen molar-refractivity contribution in [1.82, 2.24) is 0 Å². The van der Waals surface area contributed by atoms with Crippen LogP contribution in [-0.4, -0.2) is 6.54 Å². The van der Waals surface area contributed by atoms with E-state index in [0.29, 0.717) is 17.2 Å². The zero-order valence-corrected chi connectivity index (χ0v) is 11.4. The first-order chi connectivity index (χ1) is 8.71. The largest absolute Gasteiger partial charge is 0.398 e. The quantitative estimate of drug-likeness (QED) is 0.719. The fourth-order valence-corrected chi connectivity index (χ4v) is 1.98. The average molecular weight is 245 g/mol. The Balaban J connectivity index is 2.52. The van der Waals surface area contributed by atoms with Crippen LogP contribution in [-0.2, 0) is 0 Å². The van der Waals surface area contributed by atoms with Crippen LogP contribution in [0, 0.1) is 17.2 Å². The van der Waals surface area contributed by atoms with Gasteiger partial charge < -0.3 is 11.1 Å². The number of unbranched alkanes of at least 4 members (excludes halogenated alkanes) is 1. The average Bonchev–Trinajstić information content (AvgIpc) is 2.39. The van der Waals surface area contributed by atoms with Crippen LogP contribution in [0.5, 0.6) is 0 Å². The lowest BCUT2D eigenvalue weighted by Crippen LogP contribution is -2.13. The highest BCUT2D eigenvalue weighted by Crippen LogP contribution is 2.19. The molecule has 0 fully saturated rings. The summed E-state index contributed by atoms with van der Waals surface area (Å²) >= 11 is 0. The molecule has 0 saturated carbocycles. The molecule has 0 aliphatic carbocycles. The number of nitrogens with zero attached hydrogens (tertiary/aromatic N) is 1. The van der Waals surface area contributed by atoms with E-state index in [1.165, 1.54) is 25.7 Å². The Morgan fingerprint density at radius 1 is 1.39 bits per heavy atom. The maximum absolute atomic E-state index is 8.81. The first kappa shape index (κ1) is 14.4. The Morgan fingerprint density at radius 3 is 2.72 bits per heavy atom. The molecule has 0 bridgehead atoms. The predicted octanol–water partition coefficient (Wildman–Crippen LogP) is 3.77. The van der Waals surface area contributed by atoms with Gasteiger partial charge in [0.1, 0.15) is 6.07 Å². The number of nitrogen functional groups attached to an aromatic ring is 1. The van der Waals surface area contributed by atoms with Crippen molar-refractivity contribution in [3.05, 3.63) is 23.8 Å². The number of hydrogen-bond donors (Lipinski definition) is 2. The second-order valence-electron chi connectivity index (χ2n) is 4.71. The summed E-state index contributed by atoms with van der Waals surface area (Å²) in [6, 6.07) is 7.60. The summed E-state index contributed by atoms with van der Waals surface area (Å²) in [6.45, 7) is 5.43. The zero-order chi connectivity index (χ0) is 13.4. The van der Waals surface area contributed by atoms with Crippen molar-refractivity contribution in [3.63, 3.8) is 0 Å². The predicted molar refractivity (Wildman–Crippen MR) is 77.4 cm³/mol. The molecule has 0 heterocycles. The first-order valence-electron chi connectivity index (χ1n) is 6.74. The Kier molecular flexibility index (Phi) is 6.07. The van der Waals surface area contributed by atoms with E-state index in [2.05, 4.69) is 25.2 Å². The molecule has 1 unspecified atom stereocenters. The van der Waals surface area contributed by atoms with Crippen LogP contribution < -0.4 is 11.1 Å². The van der Waals surface area contributed by atoms with Crippen molar-refractivity contribution < 1.29 is 0 Å². The van der Waals surface area contributed by atoms with Crippen molar-refractivity contribution >= 4 is 11.4 Å². The summed E-state index contributed by atoms with van der Waals surface area (Å²) in [5, 5.41) is 12.2. The van der Waals surface area contributed by atoms with Crippen LogP contribution >= 0.6 is 0 Å². The molecule has 3 heteroatoms. The topological polar surface area (TPSA) is 61.8 Å².